The van der Waals surface area contributed by atoms with Crippen molar-refractivity contribution in [2.24, 2.45) is 11.1 Å². The van der Waals surface area contributed by atoms with Crippen LogP contribution in [0.15, 0.2) is 0 Å². The molecule has 0 saturated carbocycles. The molecule has 0 rings (SSSR count). The van der Waals surface area contributed by atoms with Gasteiger partial charge in [-0.1, -0.05) is 33.6 Å². The Labute approximate surface area is 74.0 Å². The molecule has 0 aromatic rings. The predicted molar refractivity (Wildman–Crippen MR) is 48.9 cm³/mol. The summed E-state index contributed by atoms with van der Waals surface area (Å²) in [5.41, 5.74) is 5.25. The van der Waals surface area contributed by atoms with Crippen LogP contribution >= 0.6 is 0 Å². The summed E-state index contributed by atoms with van der Waals surface area (Å²) < 4.78 is 0. The van der Waals surface area contributed by atoms with Crippen LogP contribution in [0.5, 0.6) is 0 Å². The maximum Gasteiger partial charge on any atom is 0.321 e. The van der Waals surface area contributed by atoms with Crippen LogP contribution in [0.4, 0.5) is 0 Å². The van der Waals surface area contributed by atoms with E-state index in [0.29, 0.717) is 0 Å². The summed E-state index contributed by atoms with van der Waals surface area (Å²) in [7, 11) is 0. The Morgan fingerprint density at radius 3 is 2.42 bits per heavy atom. The molecule has 0 amide bonds. The van der Waals surface area contributed by atoms with Gasteiger partial charge in [0.05, 0.1) is 0 Å². The van der Waals surface area contributed by atoms with Crippen molar-refractivity contribution in [3.05, 3.63) is 0 Å². The van der Waals surface area contributed by atoms with E-state index in [-0.39, 0.29) is 5.41 Å². The van der Waals surface area contributed by atoms with E-state index in [1.807, 2.05) is 13.8 Å². The van der Waals surface area contributed by atoms with Gasteiger partial charge in [0.25, 0.3) is 0 Å². The minimum absolute atomic E-state index is 0.290. The molecular formula is C9H19NO2. The van der Waals surface area contributed by atoms with Crippen molar-refractivity contribution in [1.82, 2.24) is 0 Å². The molecule has 0 saturated heterocycles. The zero-order valence-electron chi connectivity index (χ0n) is 8.13. The second-order valence-corrected chi connectivity index (χ2v) is 3.91. The molecule has 0 aliphatic rings. The van der Waals surface area contributed by atoms with Crippen LogP contribution in [0.2, 0.25) is 0 Å². The van der Waals surface area contributed by atoms with Gasteiger partial charge >= 0.3 is 5.97 Å². The number of hydrogen-bond acceptors (Lipinski definition) is 2. The molecule has 0 aromatic carbocycles. The van der Waals surface area contributed by atoms with Gasteiger partial charge in [-0.25, -0.2) is 0 Å². The lowest BCUT2D eigenvalue weighted by Gasteiger charge is -2.28. The molecule has 0 aliphatic carbocycles. The molecular weight excluding hydrogens is 154 g/mol. The van der Waals surface area contributed by atoms with Crippen LogP contribution in [0.25, 0.3) is 0 Å². The topological polar surface area (TPSA) is 63.3 Å². The molecule has 3 nitrogen and oxygen atoms in total. The van der Waals surface area contributed by atoms with Crippen LogP contribution in [-0.4, -0.2) is 17.1 Å². The first-order valence-corrected chi connectivity index (χ1v) is 4.40. The fraction of sp³-hybridized carbons (Fsp3) is 0.889. The Kier molecular flexibility index (Phi) is 4.24. The molecule has 0 spiro atoms. The predicted octanol–water partition coefficient (Wildman–Crippen LogP) is 1.61. The number of nitrogens with two attached hydrogens (primary N) is 1. The number of carboxylic acids is 1. The molecule has 0 aliphatic heterocycles. The van der Waals surface area contributed by atoms with E-state index in [9.17, 15) is 4.79 Å². The lowest BCUT2D eigenvalue weighted by atomic mass is 9.80. The Morgan fingerprint density at radius 2 is 2.08 bits per heavy atom. The van der Waals surface area contributed by atoms with Gasteiger partial charge in [-0.05, 0) is 11.8 Å². The smallest absolute Gasteiger partial charge is 0.321 e. The first-order valence-electron chi connectivity index (χ1n) is 4.40. The normalized spacial score (nSPS) is 14.3. The molecule has 12 heavy (non-hydrogen) atoms. The summed E-state index contributed by atoms with van der Waals surface area (Å²) in [6.45, 7) is 5.89. The minimum Gasteiger partial charge on any atom is -0.480 e. The van der Waals surface area contributed by atoms with Crippen LogP contribution in [0.1, 0.15) is 40.0 Å². The van der Waals surface area contributed by atoms with E-state index in [1.165, 1.54) is 0 Å². The minimum atomic E-state index is -0.906. The average Bonchev–Trinajstić information content (AvgIpc) is 1.99. The summed E-state index contributed by atoms with van der Waals surface area (Å²) in [4.78, 5) is 10.6. The third-order valence-corrected chi connectivity index (χ3v) is 2.28. The van der Waals surface area contributed by atoms with E-state index in [0.717, 1.165) is 19.3 Å². The Morgan fingerprint density at radius 1 is 1.58 bits per heavy atom. The van der Waals surface area contributed by atoms with Gasteiger partial charge in [-0.15, -0.1) is 0 Å². The highest BCUT2D eigenvalue weighted by atomic mass is 16.4. The third-order valence-electron chi connectivity index (χ3n) is 2.28. The maximum absolute atomic E-state index is 10.6. The largest absolute Gasteiger partial charge is 0.480 e. The van der Waals surface area contributed by atoms with Crippen LogP contribution < -0.4 is 5.73 Å². The lowest BCUT2D eigenvalue weighted by Crippen LogP contribution is -2.43. The Hall–Kier alpha value is -0.570. The molecule has 0 radical (unpaired) electrons. The van der Waals surface area contributed by atoms with Gasteiger partial charge in [-0.2, -0.15) is 0 Å². The summed E-state index contributed by atoms with van der Waals surface area (Å²) >= 11 is 0. The average molecular weight is 173 g/mol. The third kappa shape index (κ3) is 3.22. The monoisotopic (exact) mass is 173 g/mol. The van der Waals surface area contributed by atoms with Gasteiger partial charge < -0.3 is 10.8 Å². The molecule has 1 unspecified atom stereocenters. The summed E-state index contributed by atoms with van der Waals surface area (Å²) in [5.74, 6) is -0.906. The van der Waals surface area contributed by atoms with E-state index in [2.05, 4.69) is 6.92 Å². The van der Waals surface area contributed by atoms with Gasteiger partial charge in [0.1, 0.15) is 6.04 Å². The van der Waals surface area contributed by atoms with Gasteiger partial charge in [0.2, 0.25) is 0 Å². The first-order chi connectivity index (χ1) is 5.41. The molecule has 3 N–H and O–H groups in total. The molecule has 72 valence electrons. The van der Waals surface area contributed by atoms with Crippen molar-refractivity contribution in [2.75, 3.05) is 0 Å². The highest BCUT2D eigenvalue weighted by molar-refractivity contribution is 5.74. The summed E-state index contributed by atoms with van der Waals surface area (Å²) in [6.07, 6.45) is 2.99. The first kappa shape index (κ1) is 11.4. The van der Waals surface area contributed by atoms with E-state index >= 15 is 0 Å². The number of unbranched alkanes of at least 4 members (excludes halogenated alkanes) is 1. The molecule has 0 bridgehead atoms. The van der Waals surface area contributed by atoms with Crippen LogP contribution in [-0.2, 0) is 4.79 Å². The second-order valence-electron chi connectivity index (χ2n) is 3.91. The fourth-order valence-electron chi connectivity index (χ4n) is 1.12. The highest BCUT2D eigenvalue weighted by Crippen LogP contribution is 2.26. The number of hydrogen-bond donors (Lipinski definition) is 2. The van der Waals surface area contributed by atoms with Crippen LogP contribution in [0.3, 0.4) is 0 Å². The fourth-order valence-corrected chi connectivity index (χ4v) is 1.12. The highest BCUT2D eigenvalue weighted by Gasteiger charge is 2.30. The number of carbonyl (C=O) groups is 1. The zero-order valence-corrected chi connectivity index (χ0v) is 8.13. The van der Waals surface area contributed by atoms with E-state index in [4.69, 9.17) is 10.8 Å². The van der Waals surface area contributed by atoms with Crippen molar-refractivity contribution >= 4 is 5.97 Å². The van der Waals surface area contributed by atoms with Gasteiger partial charge in [-0.3, -0.25) is 4.79 Å². The summed E-state index contributed by atoms with van der Waals surface area (Å²) in [6, 6.07) is -0.746. The van der Waals surface area contributed by atoms with Gasteiger partial charge in [0.15, 0.2) is 0 Å². The molecule has 1 atom stereocenters. The standard InChI is InChI=1S/C9H19NO2/c1-4-5-6-9(2,3)7(10)8(11)12/h7H,4-6,10H2,1-3H3,(H,11,12). The van der Waals surface area contributed by atoms with Crippen LogP contribution in [0, 0.1) is 5.41 Å². The maximum atomic E-state index is 10.6. The van der Waals surface area contributed by atoms with Crippen molar-refractivity contribution in [3.8, 4) is 0 Å². The number of rotatable bonds is 5. The van der Waals surface area contributed by atoms with E-state index in [1.54, 1.807) is 0 Å². The Balaban J connectivity index is 4.08. The Bertz CT molecular complexity index is 155. The van der Waals surface area contributed by atoms with Crippen molar-refractivity contribution < 1.29 is 9.90 Å². The quantitative estimate of drug-likeness (QED) is 0.664. The van der Waals surface area contributed by atoms with E-state index < -0.39 is 12.0 Å². The van der Waals surface area contributed by atoms with Crippen molar-refractivity contribution in [3.63, 3.8) is 0 Å². The molecule has 0 aromatic heterocycles. The molecule has 0 fully saturated rings. The zero-order chi connectivity index (χ0) is 9.78. The molecule has 0 heterocycles. The van der Waals surface area contributed by atoms with Crippen molar-refractivity contribution in [1.29, 1.82) is 0 Å². The van der Waals surface area contributed by atoms with Crippen molar-refractivity contribution in [2.45, 2.75) is 46.1 Å². The SMILES string of the molecule is CCCCC(C)(C)C(N)C(=O)O. The molecule has 3 heteroatoms. The number of aliphatic carboxylic acids is 1. The summed E-state index contributed by atoms with van der Waals surface area (Å²) in [5, 5.41) is 8.69. The lowest BCUT2D eigenvalue weighted by molar-refractivity contribution is -0.141. The second kappa shape index (κ2) is 4.45. The van der Waals surface area contributed by atoms with Gasteiger partial charge in [0, 0.05) is 0 Å². The number of carboxylic acid groups (broad SMARTS) is 1.